The molecular formula is C11H14BrN3. The van der Waals surface area contributed by atoms with Gasteiger partial charge in [0.1, 0.15) is 5.82 Å². The number of rotatable bonds is 2. The van der Waals surface area contributed by atoms with Gasteiger partial charge in [-0.1, -0.05) is 22.9 Å². The van der Waals surface area contributed by atoms with Gasteiger partial charge in [-0.05, 0) is 31.0 Å². The van der Waals surface area contributed by atoms with Gasteiger partial charge in [0.05, 0.1) is 17.1 Å². The van der Waals surface area contributed by atoms with Crippen LogP contribution in [-0.4, -0.2) is 9.97 Å². The minimum Gasteiger partial charge on any atom is -0.341 e. The average molecular weight is 268 g/mol. The third kappa shape index (κ3) is 1.92. The Morgan fingerprint density at radius 1 is 1.53 bits per heavy atom. The normalized spacial score (nSPS) is 13.3. The largest absolute Gasteiger partial charge is 0.341 e. The number of fused-ring (bicyclic) bond motifs is 1. The van der Waals surface area contributed by atoms with Crippen LogP contribution in [0.2, 0.25) is 0 Å². The molecule has 1 aromatic carbocycles. The van der Waals surface area contributed by atoms with E-state index in [9.17, 15) is 0 Å². The molecular weight excluding hydrogens is 254 g/mol. The number of hydrogen-bond acceptors (Lipinski definition) is 2. The Morgan fingerprint density at radius 3 is 2.93 bits per heavy atom. The lowest BCUT2D eigenvalue weighted by atomic mass is 10.2. The van der Waals surface area contributed by atoms with Crippen LogP contribution in [0, 0.1) is 6.92 Å². The number of aryl methyl sites for hydroxylation is 1. The first-order valence-electron chi connectivity index (χ1n) is 5.03. The molecule has 1 heterocycles. The Kier molecular flexibility index (Phi) is 2.80. The van der Waals surface area contributed by atoms with Gasteiger partial charge >= 0.3 is 0 Å². The van der Waals surface area contributed by atoms with E-state index in [0.717, 1.165) is 33.3 Å². The second kappa shape index (κ2) is 3.94. The van der Waals surface area contributed by atoms with Gasteiger partial charge in [0, 0.05) is 4.47 Å². The molecule has 0 saturated carbocycles. The number of H-pyrrole nitrogens is 1. The molecule has 2 aromatic rings. The fourth-order valence-corrected chi connectivity index (χ4v) is 2.21. The molecule has 0 saturated heterocycles. The lowest BCUT2D eigenvalue weighted by molar-refractivity contribution is 0.660. The average Bonchev–Trinajstić information content (AvgIpc) is 2.60. The van der Waals surface area contributed by atoms with Crippen LogP contribution in [0.3, 0.4) is 0 Å². The molecule has 0 fully saturated rings. The van der Waals surface area contributed by atoms with Crippen LogP contribution in [0.1, 0.15) is 30.8 Å². The predicted molar refractivity (Wildman–Crippen MR) is 65.8 cm³/mol. The monoisotopic (exact) mass is 267 g/mol. The first kappa shape index (κ1) is 10.6. The van der Waals surface area contributed by atoms with Crippen molar-refractivity contribution in [3.63, 3.8) is 0 Å². The molecule has 15 heavy (non-hydrogen) atoms. The van der Waals surface area contributed by atoms with Gasteiger partial charge < -0.3 is 10.7 Å². The topological polar surface area (TPSA) is 54.7 Å². The highest BCUT2D eigenvalue weighted by molar-refractivity contribution is 9.10. The van der Waals surface area contributed by atoms with Gasteiger partial charge in [0.25, 0.3) is 0 Å². The molecule has 0 aliphatic rings. The molecule has 80 valence electrons. The number of nitrogens with two attached hydrogens (primary N) is 1. The molecule has 3 nitrogen and oxygen atoms in total. The van der Waals surface area contributed by atoms with Crippen molar-refractivity contribution in [2.75, 3.05) is 0 Å². The molecule has 0 aliphatic carbocycles. The smallest absolute Gasteiger partial charge is 0.124 e. The molecule has 1 unspecified atom stereocenters. The zero-order valence-corrected chi connectivity index (χ0v) is 10.4. The number of aromatic nitrogens is 2. The lowest BCUT2D eigenvalue weighted by Gasteiger charge is -2.02. The summed E-state index contributed by atoms with van der Waals surface area (Å²) in [6.07, 6.45) is 0.889. The van der Waals surface area contributed by atoms with E-state index in [-0.39, 0.29) is 6.04 Å². The molecule has 3 N–H and O–H groups in total. The molecule has 0 amide bonds. The fourth-order valence-electron chi connectivity index (χ4n) is 1.63. The summed E-state index contributed by atoms with van der Waals surface area (Å²) in [7, 11) is 0. The minimum absolute atomic E-state index is 0.00410. The van der Waals surface area contributed by atoms with Crippen molar-refractivity contribution < 1.29 is 0 Å². The van der Waals surface area contributed by atoms with Crippen LogP contribution < -0.4 is 5.73 Å². The molecule has 4 heteroatoms. The highest BCUT2D eigenvalue weighted by Crippen LogP contribution is 2.23. The van der Waals surface area contributed by atoms with Crippen molar-refractivity contribution in [3.05, 3.63) is 28.0 Å². The Balaban J connectivity index is 2.60. The van der Waals surface area contributed by atoms with Crippen LogP contribution in [0.25, 0.3) is 11.0 Å². The van der Waals surface area contributed by atoms with E-state index in [1.807, 2.05) is 6.07 Å². The van der Waals surface area contributed by atoms with E-state index < -0.39 is 0 Å². The molecule has 0 aliphatic heterocycles. The zero-order valence-electron chi connectivity index (χ0n) is 8.84. The number of hydrogen-bond donors (Lipinski definition) is 2. The van der Waals surface area contributed by atoms with Crippen molar-refractivity contribution in [2.24, 2.45) is 5.73 Å². The van der Waals surface area contributed by atoms with Crippen molar-refractivity contribution in [2.45, 2.75) is 26.3 Å². The van der Waals surface area contributed by atoms with E-state index in [4.69, 9.17) is 5.73 Å². The van der Waals surface area contributed by atoms with Gasteiger partial charge in [-0.3, -0.25) is 0 Å². The third-order valence-electron chi connectivity index (χ3n) is 2.55. The maximum atomic E-state index is 5.94. The van der Waals surface area contributed by atoms with Crippen LogP contribution in [0.15, 0.2) is 16.6 Å². The van der Waals surface area contributed by atoms with Crippen molar-refractivity contribution >= 4 is 27.0 Å². The van der Waals surface area contributed by atoms with Crippen LogP contribution >= 0.6 is 15.9 Å². The van der Waals surface area contributed by atoms with E-state index in [1.165, 1.54) is 0 Å². The number of nitrogens with one attached hydrogen (secondary N) is 1. The Morgan fingerprint density at radius 2 is 2.27 bits per heavy atom. The van der Waals surface area contributed by atoms with Gasteiger partial charge in [-0.25, -0.2) is 4.98 Å². The SMILES string of the molecule is CCC(N)c1nc2c(C)cc(Br)cc2[nH]1. The van der Waals surface area contributed by atoms with Crippen molar-refractivity contribution in [1.29, 1.82) is 0 Å². The van der Waals surface area contributed by atoms with E-state index in [0.29, 0.717) is 0 Å². The Bertz CT molecular complexity index is 490. The van der Waals surface area contributed by atoms with Crippen LogP contribution in [0.5, 0.6) is 0 Å². The van der Waals surface area contributed by atoms with Crippen molar-refractivity contribution in [1.82, 2.24) is 9.97 Å². The summed E-state index contributed by atoms with van der Waals surface area (Å²) in [6.45, 7) is 4.11. The molecule has 0 spiro atoms. The molecule has 1 aromatic heterocycles. The standard InChI is InChI=1S/C11H14BrN3/c1-3-8(13)11-14-9-5-7(12)4-6(2)10(9)15-11/h4-5,8H,3,13H2,1-2H3,(H,14,15). The second-order valence-corrected chi connectivity index (χ2v) is 4.67. The molecule has 2 rings (SSSR count). The number of halogens is 1. The van der Waals surface area contributed by atoms with Gasteiger partial charge in [-0.15, -0.1) is 0 Å². The highest BCUT2D eigenvalue weighted by atomic mass is 79.9. The predicted octanol–water partition coefficient (Wildman–Crippen LogP) is 3.04. The molecule has 0 bridgehead atoms. The summed E-state index contributed by atoms with van der Waals surface area (Å²) in [5, 5.41) is 0. The summed E-state index contributed by atoms with van der Waals surface area (Å²) in [5.41, 5.74) is 9.15. The summed E-state index contributed by atoms with van der Waals surface area (Å²) in [5.74, 6) is 0.869. The first-order valence-corrected chi connectivity index (χ1v) is 5.82. The van der Waals surface area contributed by atoms with Crippen molar-refractivity contribution in [3.8, 4) is 0 Å². The van der Waals surface area contributed by atoms with E-state index >= 15 is 0 Å². The lowest BCUT2D eigenvalue weighted by Crippen LogP contribution is -2.10. The molecule has 0 radical (unpaired) electrons. The number of imidazole rings is 1. The summed E-state index contributed by atoms with van der Waals surface area (Å²) >= 11 is 3.47. The summed E-state index contributed by atoms with van der Waals surface area (Å²) < 4.78 is 1.06. The number of nitrogens with zero attached hydrogens (tertiary/aromatic N) is 1. The summed E-state index contributed by atoms with van der Waals surface area (Å²) in [4.78, 5) is 7.78. The maximum absolute atomic E-state index is 5.94. The number of benzene rings is 1. The van der Waals surface area contributed by atoms with Gasteiger partial charge in [-0.2, -0.15) is 0 Å². The quantitative estimate of drug-likeness (QED) is 0.879. The van der Waals surface area contributed by atoms with E-state index in [2.05, 4.69) is 45.8 Å². The Hall–Kier alpha value is -0.870. The first-order chi connectivity index (χ1) is 7.11. The minimum atomic E-state index is -0.00410. The third-order valence-corrected chi connectivity index (χ3v) is 3.01. The summed E-state index contributed by atoms with van der Waals surface area (Å²) in [6, 6.07) is 4.08. The maximum Gasteiger partial charge on any atom is 0.124 e. The molecule has 1 atom stereocenters. The van der Waals surface area contributed by atoms with E-state index in [1.54, 1.807) is 0 Å². The highest BCUT2D eigenvalue weighted by Gasteiger charge is 2.10. The van der Waals surface area contributed by atoms with Gasteiger partial charge in [0.2, 0.25) is 0 Å². The van der Waals surface area contributed by atoms with Crippen LogP contribution in [0.4, 0.5) is 0 Å². The number of aromatic amines is 1. The Labute approximate surface area is 97.2 Å². The van der Waals surface area contributed by atoms with Gasteiger partial charge in [0.15, 0.2) is 0 Å². The zero-order chi connectivity index (χ0) is 11.0. The van der Waals surface area contributed by atoms with Crippen LogP contribution in [-0.2, 0) is 0 Å². The second-order valence-electron chi connectivity index (χ2n) is 3.76. The fraction of sp³-hybridized carbons (Fsp3) is 0.364.